The lowest BCUT2D eigenvalue weighted by atomic mass is 9.99. The molecule has 1 fully saturated rings. The maximum absolute atomic E-state index is 5.75. The highest BCUT2D eigenvalue weighted by atomic mass is 35.5. The number of aromatic nitrogens is 1. The number of hydrogen-bond acceptors (Lipinski definition) is 3. The number of nitrogens with zero attached hydrogens (tertiary/aromatic N) is 1. The van der Waals surface area contributed by atoms with Gasteiger partial charge in [0.1, 0.15) is 5.15 Å². The van der Waals surface area contributed by atoms with Gasteiger partial charge in [0.2, 0.25) is 5.88 Å². The van der Waals surface area contributed by atoms with Crippen LogP contribution in [0.25, 0.3) is 0 Å². The number of ether oxygens (including phenoxy) is 1. The van der Waals surface area contributed by atoms with Gasteiger partial charge in [0.05, 0.1) is 7.11 Å². The molecule has 1 aromatic heterocycles. The van der Waals surface area contributed by atoms with E-state index in [-0.39, 0.29) is 0 Å². The standard InChI is InChI=1S/C9H11ClN2O/c1-13-9-6(7-4-5-11-7)2-3-8(10)12-9/h2-3,7,11H,4-5H2,1H3. The molecule has 1 aliphatic rings. The lowest BCUT2D eigenvalue weighted by Gasteiger charge is -2.28. The van der Waals surface area contributed by atoms with Gasteiger partial charge in [-0.15, -0.1) is 0 Å². The Bertz CT molecular complexity index is 312. The first-order valence-electron chi connectivity index (χ1n) is 4.25. The van der Waals surface area contributed by atoms with E-state index < -0.39 is 0 Å². The van der Waals surface area contributed by atoms with Crippen LogP contribution in [0.3, 0.4) is 0 Å². The molecule has 1 unspecified atom stereocenters. The lowest BCUT2D eigenvalue weighted by Crippen LogP contribution is -2.35. The molecule has 0 bridgehead atoms. The van der Waals surface area contributed by atoms with Crippen molar-refractivity contribution in [2.45, 2.75) is 12.5 Å². The van der Waals surface area contributed by atoms with Crippen molar-refractivity contribution < 1.29 is 4.74 Å². The SMILES string of the molecule is COc1nc(Cl)ccc1C1CCN1. The quantitative estimate of drug-likeness (QED) is 0.736. The van der Waals surface area contributed by atoms with E-state index in [1.54, 1.807) is 13.2 Å². The van der Waals surface area contributed by atoms with Crippen molar-refractivity contribution in [3.8, 4) is 5.88 Å². The van der Waals surface area contributed by atoms with Crippen LogP contribution in [0, 0.1) is 0 Å². The Labute approximate surface area is 82.1 Å². The number of hydrogen-bond donors (Lipinski definition) is 1. The molecule has 0 radical (unpaired) electrons. The summed E-state index contributed by atoms with van der Waals surface area (Å²) in [5.74, 6) is 0.629. The summed E-state index contributed by atoms with van der Waals surface area (Å²) in [6.07, 6.45) is 1.14. The minimum atomic E-state index is 0.389. The van der Waals surface area contributed by atoms with Crippen LogP contribution in [-0.4, -0.2) is 18.6 Å². The van der Waals surface area contributed by atoms with Gasteiger partial charge in [0.15, 0.2) is 0 Å². The molecule has 1 saturated heterocycles. The van der Waals surface area contributed by atoms with Crippen LogP contribution in [0.5, 0.6) is 5.88 Å². The fourth-order valence-electron chi connectivity index (χ4n) is 1.41. The third kappa shape index (κ3) is 1.62. The molecule has 1 aliphatic heterocycles. The molecular weight excluding hydrogens is 188 g/mol. The van der Waals surface area contributed by atoms with Crippen LogP contribution in [0.2, 0.25) is 5.15 Å². The second-order valence-corrected chi connectivity index (χ2v) is 3.42. The first-order chi connectivity index (χ1) is 6.31. The molecule has 0 saturated carbocycles. The van der Waals surface area contributed by atoms with Crippen LogP contribution < -0.4 is 10.1 Å². The van der Waals surface area contributed by atoms with Gasteiger partial charge in [-0.2, -0.15) is 0 Å². The summed E-state index contributed by atoms with van der Waals surface area (Å²) in [7, 11) is 1.61. The minimum Gasteiger partial charge on any atom is -0.481 e. The van der Waals surface area contributed by atoms with Gasteiger partial charge in [0, 0.05) is 11.6 Å². The lowest BCUT2D eigenvalue weighted by molar-refractivity contribution is 0.345. The van der Waals surface area contributed by atoms with Crippen molar-refractivity contribution in [3.63, 3.8) is 0 Å². The van der Waals surface area contributed by atoms with Crippen molar-refractivity contribution in [1.29, 1.82) is 0 Å². The predicted molar refractivity (Wildman–Crippen MR) is 51.2 cm³/mol. The Morgan fingerprint density at radius 2 is 2.38 bits per heavy atom. The fourth-order valence-corrected chi connectivity index (χ4v) is 1.55. The van der Waals surface area contributed by atoms with Crippen molar-refractivity contribution in [2.24, 2.45) is 0 Å². The smallest absolute Gasteiger partial charge is 0.219 e. The highest BCUT2D eigenvalue weighted by Gasteiger charge is 2.22. The average molecular weight is 199 g/mol. The first-order valence-corrected chi connectivity index (χ1v) is 4.63. The Balaban J connectivity index is 2.32. The summed E-state index contributed by atoms with van der Waals surface area (Å²) >= 11 is 5.75. The molecule has 4 heteroatoms. The zero-order valence-corrected chi connectivity index (χ0v) is 8.14. The predicted octanol–water partition coefficient (Wildman–Crippen LogP) is 1.78. The summed E-state index contributed by atoms with van der Waals surface area (Å²) in [5.41, 5.74) is 1.10. The van der Waals surface area contributed by atoms with E-state index in [1.807, 2.05) is 6.07 Å². The normalized spacial score (nSPS) is 20.9. The summed E-state index contributed by atoms with van der Waals surface area (Å²) in [5, 5.41) is 3.77. The van der Waals surface area contributed by atoms with E-state index in [9.17, 15) is 0 Å². The molecule has 1 atom stereocenters. The van der Waals surface area contributed by atoms with E-state index in [2.05, 4.69) is 10.3 Å². The van der Waals surface area contributed by atoms with Gasteiger partial charge in [-0.3, -0.25) is 0 Å². The van der Waals surface area contributed by atoms with Crippen molar-refractivity contribution in [2.75, 3.05) is 13.7 Å². The van der Waals surface area contributed by atoms with Gasteiger partial charge in [0.25, 0.3) is 0 Å². The fraction of sp³-hybridized carbons (Fsp3) is 0.444. The maximum Gasteiger partial charge on any atom is 0.219 e. The van der Waals surface area contributed by atoms with Crippen LogP contribution in [0.15, 0.2) is 12.1 Å². The van der Waals surface area contributed by atoms with E-state index >= 15 is 0 Å². The summed E-state index contributed by atoms with van der Waals surface area (Å²) in [6.45, 7) is 1.07. The average Bonchev–Trinajstić information content (AvgIpc) is 2.05. The molecular formula is C9H11ClN2O. The molecule has 0 aliphatic carbocycles. The van der Waals surface area contributed by atoms with Gasteiger partial charge in [-0.05, 0) is 25.1 Å². The van der Waals surface area contributed by atoms with E-state index in [1.165, 1.54) is 0 Å². The number of nitrogens with one attached hydrogen (secondary N) is 1. The Kier molecular flexibility index (Phi) is 2.38. The second kappa shape index (κ2) is 3.52. The number of pyridine rings is 1. The molecule has 3 nitrogen and oxygen atoms in total. The molecule has 1 aromatic rings. The van der Waals surface area contributed by atoms with E-state index in [0.717, 1.165) is 18.5 Å². The molecule has 1 N–H and O–H groups in total. The highest BCUT2D eigenvalue weighted by molar-refractivity contribution is 6.29. The molecule has 2 rings (SSSR count). The molecule has 2 heterocycles. The molecule has 0 spiro atoms. The molecule has 0 aromatic carbocycles. The van der Waals surface area contributed by atoms with Crippen LogP contribution >= 0.6 is 11.6 Å². The summed E-state index contributed by atoms with van der Waals surface area (Å²) in [6, 6.07) is 4.14. The van der Waals surface area contributed by atoms with Gasteiger partial charge in [-0.1, -0.05) is 11.6 Å². The monoisotopic (exact) mass is 198 g/mol. The van der Waals surface area contributed by atoms with E-state index in [0.29, 0.717) is 17.1 Å². The van der Waals surface area contributed by atoms with Crippen molar-refractivity contribution in [3.05, 3.63) is 22.8 Å². The topological polar surface area (TPSA) is 34.1 Å². The third-order valence-electron chi connectivity index (χ3n) is 2.25. The third-order valence-corrected chi connectivity index (χ3v) is 2.46. The Morgan fingerprint density at radius 1 is 1.62 bits per heavy atom. The zero-order valence-electron chi connectivity index (χ0n) is 7.38. The van der Waals surface area contributed by atoms with Crippen molar-refractivity contribution >= 4 is 11.6 Å². The van der Waals surface area contributed by atoms with E-state index in [4.69, 9.17) is 16.3 Å². The van der Waals surface area contributed by atoms with Crippen molar-refractivity contribution in [1.82, 2.24) is 10.3 Å². The summed E-state index contributed by atoms with van der Waals surface area (Å²) < 4.78 is 5.15. The van der Waals surface area contributed by atoms with Crippen LogP contribution in [0.4, 0.5) is 0 Å². The molecule has 13 heavy (non-hydrogen) atoms. The molecule has 0 amide bonds. The second-order valence-electron chi connectivity index (χ2n) is 3.03. The van der Waals surface area contributed by atoms with Gasteiger partial charge >= 0.3 is 0 Å². The van der Waals surface area contributed by atoms with Crippen LogP contribution in [0.1, 0.15) is 18.0 Å². The van der Waals surface area contributed by atoms with Crippen LogP contribution in [-0.2, 0) is 0 Å². The largest absolute Gasteiger partial charge is 0.481 e. The highest BCUT2D eigenvalue weighted by Crippen LogP contribution is 2.30. The molecule has 70 valence electrons. The number of methoxy groups -OCH3 is 1. The Hall–Kier alpha value is -0.800. The number of halogens is 1. The van der Waals surface area contributed by atoms with Gasteiger partial charge in [-0.25, -0.2) is 4.98 Å². The number of rotatable bonds is 2. The maximum atomic E-state index is 5.75. The first kappa shape index (κ1) is 8.78. The Morgan fingerprint density at radius 3 is 2.92 bits per heavy atom. The zero-order chi connectivity index (χ0) is 9.26. The minimum absolute atomic E-state index is 0.389. The van der Waals surface area contributed by atoms with Gasteiger partial charge < -0.3 is 10.1 Å². The summed E-state index contributed by atoms with van der Waals surface area (Å²) in [4.78, 5) is 4.10.